The summed E-state index contributed by atoms with van der Waals surface area (Å²) in [5.74, 6) is -0.757. The van der Waals surface area contributed by atoms with Gasteiger partial charge in [0.25, 0.3) is 0 Å². The van der Waals surface area contributed by atoms with Crippen LogP contribution in [0.4, 0.5) is 5.69 Å². The average molecular weight is 386 g/mol. The second-order valence-electron chi connectivity index (χ2n) is 7.80. The Morgan fingerprint density at radius 2 is 1.93 bits per heavy atom. The summed E-state index contributed by atoms with van der Waals surface area (Å²) >= 11 is 0. The van der Waals surface area contributed by atoms with Crippen molar-refractivity contribution < 1.29 is 18.0 Å². The lowest BCUT2D eigenvalue weighted by Crippen LogP contribution is -2.49. The molecule has 2 atom stereocenters. The number of rotatable bonds is 3. The Kier molecular flexibility index (Phi) is 4.22. The molecular formula is C20H22N2O4S. The molecular weight excluding hydrogens is 364 g/mol. The fourth-order valence-corrected chi connectivity index (χ4v) is 6.16. The van der Waals surface area contributed by atoms with Gasteiger partial charge in [-0.15, -0.1) is 0 Å². The molecule has 2 unspecified atom stereocenters. The number of nitrogens with zero attached hydrogens (tertiary/aromatic N) is 1. The van der Waals surface area contributed by atoms with Gasteiger partial charge in [-0.3, -0.25) is 9.59 Å². The van der Waals surface area contributed by atoms with E-state index >= 15 is 0 Å². The molecule has 1 N–H and O–H groups in total. The molecule has 2 heterocycles. The maximum Gasteiger partial charge on any atom is 0.227 e. The zero-order valence-electron chi connectivity index (χ0n) is 15.1. The molecule has 2 amide bonds. The molecule has 142 valence electrons. The van der Waals surface area contributed by atoms with E-state index in [0.717, 1.165) is 16.5 Å². The predicted molar refractivity (Wildman–Crippen MR) is 104 cm³/mol. The van der Waals surface area contributed by atoms with E-state index in [1.54, 1.807) is 11.8 Å². The lowest BCUT2D eigenvalue weighted by atomic mass is 9.99. The summed E-state index contributed by atoms with van der Waals surface area (Å²) in [6.45, 7) is 2.07. The molecule has 0 aliphatic carbocycles. The fraction of sp³-hybridized carbons (Fsp3) is 0.400. The maximum atomic E-state index is 12.7. The van der Waals surface area contributed by atoms with Crippen molar-refractivity contribution >= 4 is 38.1 Å². The normalized spacial score (nSPS) is 27.2. The number of hydrogen-bond donors (Lipinski definition) is 1. The number of carbonyl (C=O) groups is 2. The third-order valence-corrected chi connectivity index (χ3v) is 7.38. The van der Waals surface area contributed by atoms with Crippen LogP contribution in [0.1, 0.15) is 19.8 Å². The third kappa shape index (κ3) is 3.43. The number of hydrogen-bond acceptors (Lipinski definition) is 4. The van der Waals surface area contributed by atoms with Crippen LogP contribution in [0, 0.1) is 5.92 Å². The Balaban J connectivity index is 1.53. The van der Waals surface area contributed by atoms with Crippen molar-refractivity contribution in [1.29, 1.82) is 0 Å². The van der Waals surface area contributed by atoms with Gasteiger partial charge >= 0.3 is 0 Å². The summed E-state index contributed by atoms with van der Waals surface area (Å²) < 4.78 is 23.5. The van der Waals surface area contributed by atoms with Crippen molar-refractivity contribution in [2.45, 2.75) is 25.3 Å². The molecule has 2 saturated heterocycles. The average Bonchev–Trinajstić information content (AvgIpc) is 3.13. The molecule has 0 spiro atoms. The topological polar surface area (TPSA) is 83.6 Å². The van der Waals surface area contributed by atoms with E-state index in [9.17, 15) is 18.0 Å². The maximum absolute atomic E-state index is 12.7. The standard InChI is InChI=1S/C20H22N2O4S/c1-20(9-10-27(25,26)13-20)21-19(24)15-11-18(23)22(12-15)17-8-4-6-14-5-2-3-7-16(14)17/h2-8,15H,9-13H2,1H3,(H,21,24). The van der Waals surface area contributed by atoms with Gasteiger partial charge in [-0.25, -0.2) is 8.42 Å². The SMILES string of the molecule is CC1(NC(=O)C2CC(=O)N(c3cccc4ccccc34)C2)CCS(=O)(=O)C1. The van der Waals surface area contributed by atoms with Gasteiger partial charge in [0.2, 0.25) is 11.8 Å². The molecule has 0 bridgehead atoms. The first kappa shape index (κ1) is 18.0. The van der Waals surface area contributed by atoms with Gasteiger partial charge in [0.1, 0.15) is 0 Å². The Bertz CT molecular complexity index is 1030. The smallest absolute Gasteiger partial charge is 0.227 e. The van der Waals surface area contributed by atoms with Gasteiger partial charge in [-0.2, -0.15) is 0 Å². The third-order valence-electron chi connectivity index (χ3n) is 5.48. The van der Waals surface area contributed by atoms with Crippen LogP contribution in [0.2, 0.25) is 0 Å². The van der Waals surface area contributed by atoms with Gasteiger partial charge in [0.05, 0.1) is 28.6 Å². The van der Waals surface area contributed by atoms with Crippen LogP contribution >= 0.6 is 0 Å². The highest BCUT2D eigenvalue weighted by atomic mass is 32.2. The molecule has 0 saturated carbocycles. The van der Waals surface area contributed by atoms with Gasteiger partial charge in [0, 0.05) is 18.4 Å². The van der Waals surface area contributed by atoms with Crippen LogP contribution in [0.25, 0.3) is 10.8 Å². The summed E-state index contributed by atoms with van der Waals surface area (Å²) in [5, 5.41) is 4.90. The predicted octanol–water partition coefficient (Wildman–Crippen LogP) is 1.89. The van der Waals surface area contributed by atoms with E-state index < -0.39 is 21.3 Å². The second kappa shape index (κ2) is 6.34. The van der Waals surface area contributed by atoms with Crippen LogP contribution in [0.15, 0.2) is 42.5 Å². The Morgan fingerprint density at radius 1 is 1.19 bits per heavy atom. The Hall–Kier alpha value is -2.41. The van der Waals surface area contributed by atoms with E-state index in [1.165, 1.54) is 0 Å². The number of sulfone groups is 1. The van der Waals surface area contributed by atoms with Crippen LogP contribution in [-0.2, 0) is 19.4 Å². The highest BCUT2D eigenvalue weighted by Crippen LogP contribution is 2.32. The van der Waals surface area contributed by atoms with Crippen molar-refractivity contribution in [3.63, 3.8) is 0 Å². The first-order valence-corrected chi connectivity index (χ1v) is 10.9. The summed E-state index contributed by atoms with van der Waals surface area (Å²) in [6, 6.07) is 13.6. The molecule has 6 nitrogen and oxygen atoms in total. The van der Waals surface area contributed by atoms with E-state index in [2.05, 4.69) is 5.32 Å². The number of anilines is 1. The molecule has 27 heavy (non-hydrogen) atoms. The molecule has 2 fully saturated rings. The number of amides is 2. The van der Waals surface area contributed by atoms with Crippen molar-refractivity contribution in [3.8, 4) is 0 Å². The number of nitrogens with one attached hydrogen (secondary N) is 1. The van der Waals surface area contributed by atoms with Crippen molar-refractivity contribution in [3.05, 3.63) is 42.5 Å². The van der Waals surface area contributed by atoms with Gasteiger partial charge < -0.3 is 10.2 Å². The van der Waals surface area contributed by atoms with Crippen molar-refractivity contribution in [1.82, 2.24) is 5.32 Å². The first-order chi connectivity index (χ1) is 12.8. The fourth-order valence-electron chi connectivity index (χ4n) is 4.07. The van der Waals surface area contributed by atoms with E-state index in [0.29, 0.717) is 13.0 Å². The molecule has 4 rings (SSSR count). The quantitative estimate of drug-likeness (QED) is 0.873. The number of carbonyl (C=O) groups excluding carboxylic acids is 2. The highest BCUT2D eigenvalue weighted by molar-refractivity contribution is 7.91. The largest absolute Gasteiger partial charge is 0.350 e. The van der Waals surface area contributed by atoms with Gasteiger partial charge in [0.15, 0.2) is 9.84 Å². The summed E-state index contributed by atoms with van der Waals surface area (Å²) in [6.07, 6.45) is 0.548. The molecule has 7 heteroatoms. The minimum Gasteiger partial charge on any atom is -0.350 e. The minimum absolute atomic E-state index is 0.0422. The monoisotopic (exact) mass is 386 g/mol. The lowest BCUT2D eigenvalue weighted by Gasteiger charge is -2.26. The Morgan fingerprint density at radius 3 is 2.67 bits per heavy atom. The molecule has 2 aliphatic rings. The summed E-state index contributed by atoms with van der Waals surface area (Å²) in [5.41, 5.74) is 0.0642. The second-order valence-corrected chi connectivity index (χ2v) is 9.98. The molecule has 2 aliphatic heterocycles. The van der Waals surface area contributed by atoms with Crippen molar-refractivity contribution in [2.75, 3.05) is 23.0 Å². The van der Waals surface area contributed by atoms with E-state index in [-0.39, 0.29) is 29.7 Å². The van der Waals surface area contributed by atoms with Crippen LogP contribution in [0.5, 0.6) is 0 Å². The molecule has 2 aromatic carbocycles. The molecule has 0 radical (unpaired) electrons. The van der Waals surface area contributed by atoms with E-state index in [4.69, 9.17) is 0 Å². The zero-order valence-corrected chi connectivity index (χ0v) is 16.0. The first-order valence-electron chi connectivity index (χ1n) is 9.07. The zero-order chi connectivity index (χ0) is 19.2. The van der Waals surface area contributed by atoms with Gasteiger partial charge in [-0.1, -0.05) is 36.4 Å². The Labute approximate surface area is 158 Å². The van der Waals surface area contributed by atoms with Crippen LogP contribution < -0.4 is 10.2 Å². The van der Waals surface area contributed by atoms with Gasteiger partial charge in [-0.05, 0) is 24.8 Å². The highest BCUT2D eigenvalue weighted by Gasteiger charge is 2.42. The summed E-state index contributed by atoms with van der Waals surface area (Å²) in [4.78, 5) is 27.0. The van der Waals surface area contributed by atoms with E-state index in [1.807, 2.05) is 42.5 Å². The molecule has 2 aromatic rings. The number of benzene rings is 2. The van der Waals surface area contributed by atoms with Crippen molar-refractivity contribution in [2.24, 2.45) is 5.92 Å². The lowest BCUT2D eigenvalue weighted by molar-refractivity contribution is -0.127. The van der Waals surface area contributed by atoms with Crippen LogP contribution in [0.3, 0.4) is 0 Å². The minimum atomic E-state index is -3.10. The summed E-state index contributed by atoms with van der Waals surface area (Å²) in [7, 11) is -3.10. The number of fused-ring (bicyclic) bond motifs is 1. The molecule has 0 aromatic heterocycles. The van der Waals surface area contributed by atoms with Crippen LogP contribution in [-0.4, -0.2) is 43.8 Å².